The molecule has 0 radical (unpaired) electrons. The van der Waals surface area contributed by atoms with E-state index in [1.165, 1.54) is 0 Å². The number of rotatable bonds is 1. The summed E-state index contributed by atoms with van der Waals surface area (Å²) in [6.07, 6.45) is -2.24. The fourth-order valence-corrected chi connectivity index (χ4v) is 4.34. The Kier molecular flexibility index (Phi) is 3.68. The van der Waals surface area contributed by atoms with E-state index in [0.29, 0.717) is 18.0 Å². The maximum Gasteiger partial charge on any atom is 0.471 e. The molecule has 0 spiro atoms. The highest BCUT2D eigenvalue weighted by Gasteiger charge is 2.58. The topological polar surface area (TPSA) is 33.2 Å². The predicted octanol–water partition coefficient (Wildman–Crippen LogP) is 3.52. The number of fused-ring (bicyclic) bond motifs is 2. The lowest BCUT2D eigenvalue weighted by molar-refractivity contribution is -0.186. The van der Waals surface area contributed by atoms with Crippen molar-refractivity contribution in [3.63, 3.8) is 0 Å². The minimum atomic E-state index is -4.83. The SMILES string of the molecule is O=C(N1[C@@H]2C[C@H](Br)[C@H]1C[C@@H]2c1ccc(Cl)nc1)C(F)(F)F. The largest absolute Gasteiger partial charge is 0.471 e. The zero-order valence-electron chi connectivity index (χ0n) is 10.6. The van der Waals surface area contributed by atoms with E-state index in [1.54, 1.807) is 18.3 Å². The van der Waals surface area contributed by atoms with E-state index < -0.39 is 24.2 Å². The number of halogens is 5. The molecule has 1 amide bonds. The molecule has 4 atom stereocenters. The Bertz CT molecular complexity index is 566. The number of nitrogens with zero attached hydrogens (tertiary/aromatic N) is 2. The van der Waals surface area contributed by atoms with Crippen molar-refractivity contribution in [1.29, 1.82) is 0 Å². The van der Waals surface area contributed by atoms with Crippen molar-refractivity contribution in [2.45, 2.75) is 41.8 Å². The summed E-state index contributed by atoms with van der Waals surface area (Å²) in [7, 11) is 0. The van der Waals surface area contributed by atoms with E-state index in [9.17, 15) is 18.0 Å². The Morgan fingerprint density at radius 2 is 2.05 bits per heavy atom. The first-order valence-electron chi connectivity index (χ1n) is 6.44. The Hall–Kier alpha value is -0.820. The van der Waals surface area contributed by atoms with E-state index in [1.807, 2.05) is 0 Å². The van der Waals surface area contributed by atoms with Crippen LogP contribution in [0.25, 0.3) is 0 Å². The zero-order valence-corrected chi connectivity index (χ0v) is 13.0. The monoisotopic (exact) mass is 382 g/mol. The maximum absolute atomic E-state index is 12.7. The summed E-state index contributed by atoms with van der Waals surface area (Å²) in [6, 6.07) is 2.51. The fourth-order valence-electron chi connectivity index (χ4n) is 3.37. The van der Waals surface area contributed by atoms with Crippen molar-refractivity contribution < 1.29 is 18.0 Å². The average molecular weight is 384 g/mol. The van der Waals surface area contributed by atoms with Crippen LogP contribution in [-0.2, 0) is 4.79 Å². The van der Waals surface area contributed by atoms with E-state index in [2.05, 4.69) is 20.9 Å². The second-order valence-corrected chi connectivity index (χ2v) is 6.92. The lowest BCUT2D eigenvalue weighted by atomic mass is 9.84. The number of hydrogen-bond donors (Lipinski definition) is 0. The Balaban J connectivity index is 1.89. The van der Waals surface area contributed by atoms with Crippen molar-refractivity contribution >= 4 is 33.4 Å². The van der Waals surface area contributed by atoms with Gasteiger partial charge in [0.05, 0.1) is 0 Å². The molecular weight excluding hydrogens is 373 g/mol. The first-order valence-corrected chi connectivity index (χ1v) is 7.73. The average Bonchev–Trinajstić information content (AvgIpc) is 2.91. The second-order valence-electron chi connectivity index (χ2n) is 5.35. The standard InChI is InChI=1S/C13H11BrClF3N2O/c14-8-4-9-7(6-1-2-11(15)19-5-6)3-10(8)20(9)12(21)13(16,17)18/h1-2,5,7-10H,3-4H2/t7-,8+,9-,10-/m1/s1. The second kappa shape index (κ2) is 5.12. The summed E-state index contributed by atoms with van der Waals surface area (Å²) in [6.45, 7) is 0. The Morgan fingerprint density at radius 1 is 1.33 bits per heavy atom. The molecule has 2 saturated heterocycles. The summed E-state index contributed by atoms with van der Waals surface area (Å²) < 4.78 is 38.2. The summed E-state index contributed by atoms with van der Waals surface area (Å²) in [5, 5.41) is 0.337. The molecule has 1 aromatic heterocycles. The number of aromatic nitrogens is 1. The number of pyridine rings is 1. The molecule has 2 aliphatic heterocycles. The first kappa shape index (κ1) is 15.1. The van der Waals surface area contributed by atoms with Crippen molar-refractivity contribution in [2.75, 3.05) is 0 Å². The normalized spacial score (nSPS) is 31.8. The zero-order chi connectivity index (χ0) is 15.4. The Labute approximate surface area is 132 Å². The van der Waals surface area contributed by atoms with E-state index in [0.717, 1.165) is 10.5 Å². The van der Waals surface area contributed by atoms with E-state index in [4.69, 9.17) is 11.6 Å². The van der Waals surface area contributed by atoms with Gasteiger partial charge in [0, 0.05) is 29.0 Å². The van der Waals surface area contributed by atoms with Gasteiger partial charge in [-0.1, -0.05) is 33.6 Å². The molecule has 2 aliphatic rings. The summed E-state index contributed by atoms with van der Waals surface area (Å²) in [5.41, 5.74) is 0.825. The van der Waals surface area contributed by atoms with Gasteiger partial charge in [0.2, 0.25) is 0 Å². The van der Waals surface area contributed by atoms with Gasteiger partial charge in [0.15, 0.2) is 0 Å². The third-order valence-corrected chi connectivity index (χ3v) is 5.42. The molecule has 0 N–H and O–H groups in total. The minimum Gasteiger partial charge on any atom is -0.327 e. The first-order chi connectivity index (χ1) is 9.79. The molecule has 2 bridgehead atoms. The van der Waals surface area contributed by atoms with Gasteiger partial charge in [-0.05, 0) is 24.5 Å². The molecule has 2 fully saturated rings. The number of hydrogen-bond acceptors (Lipinski definition) is 2. The Morgan fingerprint density at radius 3 is 2.62 bits per heavy atom. The molecule has 8 heteroatoms. The lowest BCUT2D eigenvalue weighted by Crippen LogP contribution is -2.45. The van der Waals surface area contributed by atoms with Gasteiger partial charge in [-0.25, -0.2) is 4.98 Å². The van der Waals surface area contributed by atoms with Crippen molar-refractivity contribution in [2.24, 2.45) is 0 Å². The van der Waals surface area contributed by atoms with Crippen molar-refractivity contribution in [1.82, 2.24) is 9.88 Å². The van der Waals surface area contributed by atoms with Crippen LogP contribution in [0.3, 0.4) is 0 Å². The van der Waals surface area contributed by atoms with Crippen LogP contribution < -0.4 is 0 Å². The van der Waals surface area contributed by atoms with Crippen molar-refractivity contribution in [3.05, 3.63) is 29.0 Å². The van der Waals surface area contributed by atoms with E-state index in [-0.39, 0.29) is 10.7 Å². The molecule has 0 aliphatic carbocycles. The van der Waals surface area contributed by atoms with Gasteiger partial charge in [-0.15, -0.1) is 0 Å². The quantitative estimate of drug-likeness (QED) is 0.549. The molecule has 3 heterocycles. The van der Waals surface area contributed by atoms with Crippen LogP contribution in [0.2, 0.25) is 5.15 Å². The minimum absolute atomic E-state index is 0.0923. The molecule has 1 aromatic rings. The molecule has 114 valence electrons. The summed E-state index contributed by atoms with van der Waals surface area (Å²) >= 11 is 9.11. The lowest BCUT2D eigenvalue weighted by Gasteiger charge is -2.25. The third kappa shape index (κ3) is 2.54. The molecule has 3 rings (SSSR count). The molecular formula is C13H11BrClF3N2O. The van der Waals surface area contributed by atoms with Crippen LogP contribution in [0.4, 0.5) is 13.2 Å². The van der Waals surface area contributed by atoms with Crippen LogP contribution in [0.5, 0.6) is 0 Å². The van der Waals surface area contributed by atoms with Crippen LogP contribution in [0.15, 0.2) is 18.3 Å². The molecule has 0 aromatic carbocycles. The van der Waals surface area contributed by atoms with Gasteiger partial charge in [0.25, 0.3) is 0 Å². The van der Waals surface area contributed by atoms with Crippen LogP contribution in [-0.4, -0.2) is 38.9 Å². The van der Waals surface area contributed by atoms with Gasteiger partial charge in [0.1, 0.15) is 5.15 Å². The van der Waals surface area contributed by atoms with Gasteiger partial charge in [-0.3, -0.25) is 4.79 Å². The maximum atomic E-state index is 12.7. The predicted molar refractivity (Wildman–Crippen MR) is 74.4 cm³/mol. The number of amides is 1. The van der Waals surface area contributed by atoms with E-state index >= 15 is 0 Å². The smallest absolute Gasteiger partial charge is 0.327 e. The van der Waals surface area contributed by atoms with Gasteiger partial charge in [-0.2, -0.15) is 13.2 Å². The molecule has 0 unspecified atom stereocenters. The van der Waals surface area contributed by atoms with Crippen LogP contribution in [0, 0.1) is 0 Å². The summed E-state index contributed by atoms with van der Waals surface area (Å²) in [4.78, 5) is 16.5. The highest BCUT2D eigenvalue weighted by Crippen LogP contribution is 2.50. The molecule has 0 saturated carbocycles. The number of alkyl halides is 4. The highest BCUT2D eigenvalue weighted by atomic mass is 79.9. The fraction of sp³-hybridized carbons (Fsp3) is 0.538. The number of carbonyl (C=O) groups excluding carboxylic acids is 1. The van der Waals surface area contributed by atoms with Gasteiger partial charge >= 0.3 is 12.1 Å². The van der Waals surface area contributed by atoms with Gasteiger partial charge < -0.3 is 4.90 Å². The van der Waals surface area contributed by atoms with Crippen LogP contribution in [0.1, 0.15) is 24.3 Å². The number of carbonyl (C=O) groups is 1. The summed E-state index contributed by atoms with van der Waals surface area (Å²) in [5.74, 6) is -1.87. The highest BCUT2D eigenvalue weighted by molar-refractivity contribution is 9.09. The van der Waals surface area contributed by atoms with Crippen LogP contribution >= 0.6 is 27.5 Å². The van der Waals surface area contributed by atoms with Crippen molar-refractivity contribution in [3.8, 4) is 0 Å². The molecule has 21 heavy (non-hydrogen) atoms. The third-order valence-electron chi connectivity index (χ3n) is 4.21. The molecule has 3 nitrogen and oxygen atoms in total.